The fourth-order valence-electron chi connectivity index (χ4n) is 1.17. The zero-order valence-electron chi connectivity index (χ0n) is 9.42. The van der Waals surface area contributed by atoms with Gasteiger partial charge < -0.3 is 15.3 Å². The zero-order chi connectivity index (χ0) is 11.0. The van der Waals surface area contributed by atoms with E-state index in [0.717, 1.165) is 6.42 Å². The Morgan fingerprint density at radius 2 is 2.14 bits per heavy atom. The Kier molecular flexibility index (Phi) is 7.20. The first-order valence-corrected chi connectivity index (χ1v) is 5.28. The third-order valence-electron chi connectivity index (χ3n) is 1.97. The van der Waals surface area contributed by atoms with E-state index in [1.54, 1.807) is 4.90 Å². The van der Waals surface area contributed by atoms with Gasteiger partial charge >= 0.3 is 6.03 Å². The van der Waals surface area contributed by atoms with Crippen LogP contribution in [0.5, 0.6) is 0 Å². The van der Waals surface area contributed by atoms with Crippen LogP contribution in [0.2, 0.25) is 0 Å². The van der Waals surface area contributed by atoms with Crippen molar-refractivity contribution in [3.05, 3.63) is 0 Å². The molecule has 2 N–H and O–H groups in total. The standard InChI is InChI=1S/C10H22N2O2/c1-4-6-11-10(14)12(9(2)3)7-5-8-13/h9,13H,4-8H2,1-3H3,(H,11,14). The summed E-state index contributed by atoms with van der Waals surface area (Å²) in [5, 5.41) is 11.5. The summed E-state index contributed by atoms with van der Waals surface area (Å²) in [6.07, 6.45) is 1.58. The van der Waals surface area contributed by atoms with E-state index >= 15 is 0 Å². The van der Waals surface area contributed by atoms with Crippen LogP contribution in [0.3, 0.4) is 0 Å². The van der Waals surface area contributed by atoms with Gasteiger partial charge in [0.1, 0.15) is 0 Å². The fraction of sp³-hybridized carbons (Fsp3) is 0.900. The molecular formula is C10H22N2O2. The van der Waals surface area contributed by atoms with Crippen molar-refractivity contribution in [3.8, 4) is 0 Å². The number of carbonyl (C=O) groups is 1. The Balaban J connectivity index is 3.98. The number of nitrogens with zero attached hydrogens (tertiary/aromatic N) is 1. The smallest absolute Gasteiger partial charge is 0.317 e. The van der Waals surface area contributed by atoms with Gasteiger partial charge in [0, 0.05) is 25.7 Å². The molecule has 0 heterocycles. The van der Waals surface area contributed by atoms with Gasteiger partial charge in [-0.25, -0.2) is 4.79 Å². The molecule has 0 saturated carbocycles. The summed E-state index contributed by atoms with van der Waals surface area (Å²) in [7, 11) is 0. The van der Waals surface area contributed by atoms with E-state index < -0.39 is 0 Å². The lowest BCUT2D eigenvalue weighted by Gasteiger charge is -2.26. The van der Waals surface area contributed by atoms with Crippen LogP contribution in [0.1, 0.15) is 33.6 Å². The highest BCUT2D eigenvalue weighted by atomic mass is 16.3. The predicted molar refractivity (Wildman–Crippen MR) is 57.2 cm³/mol. The fourth-order valence-corrected chi connectivity index (χ4v) is 1.17. The molecule has 0 radical (unpaired) electrons. The Bertz CT molecular complexity index is 160. The predicted octanol–water partition coefficient (Wildman–Crippen LogP) is 1.20. The molecule has 0 aromatic heterocycles. The molecule has 84 valence electrons. The van der Waals surface area contributed by atoms with E-state index in [2.05, 4.69) is 5.32 Å². The van der Waals surface area contributed by atoms with Gasteiger partial charge in [0.05, 0.1) is 0 Å². The van der Waals surface area contributed by atoms with E-state index in [1.807, 2.05) is 20.8 Å². The average Bonchev–Trinajstić information content (AvgIpc) is 2.14. The molecule has 0 aliphatic heterocycles. The van der Waals surface area contributed by atoms with Gasteiger partial charge in [-0.1, -0.05) is 6.92 Å². The van der Waals surface area contributed by atoms with E-state index in [-0.39, 0.29) is 18.7 Å². The molecule has 2 amide bonds. The second-order valence-electron chi connectivity index (χ2n) is 3.60. The molecular weight excluding hydrogens is 180 g/mol. The zero-order valence-corrected chi connectivity index (χ0v) is 9.42. The molecule has 14 heavy (non-hydrogen) atoms. The molecule has 0 aliphatic carbocycles. The molecule has 4 nitrogen and oxygen atoms in total. The van der Waals surface area contributed by atoms with Gasteiger partial charge in [0.2, 0.25) is 0 Å². The van der Waals surface area contributed by atoms with Gasteiger partial charge in [-0.3, -0.25) is 0 Å². The molecule has 0 rings (SSSR count). The summed E-state index contributed by atoms with van der Waals surface area (Å²) in [6.45, 7) is 7.43. The second-order valence-corrected chi connectivity index (χ2v) is 3.60. The summed E-state index contributed by atoms with van der Waals surface area (Å²) in [5.41, 5.74) is 0. The minimum atomic E-state index is -0.0321. The van der Waals surface area contributed by atoms with E-state index in [4.69, 9.17) is 5.11 Å². The van der Waals surface area contributed by atoms with E-state index in [9.17, 15) is 4.79 Å². The minimum absolute atomic E-state index is 0.0321. The van der Waals surface area contributed by atoms with Crippen molar-refractivity contribution < 1.29 is 9.90 Å². The van der Waals surface area contributed by atoms with Gasteiger partial charge in [-0.05, 0) is 26.7 Å². The lowest BCUT2D eigenvalue weighted by molar-refractivity contribution is 0.174. The number of urea groups is 1. The number of carbonyl (C=O) groups excluding carboxylic acids is 1. The normalized spacial score (nSPS) is 10.4. The van der Waals surface area contributed by atoms with Crippen LogP contribution >= 0.6 is 0 Å². The lowest BCUT2D eigenvalue weighted by atomic mass is 10.3. The van der Waals surface area contributed by atoms with Crippen molar-refractivity contribution in [2.75, 3.05) is 19.7 Å². The number of hydrogen-bond donors (Lipinski definition) is 2. The highest BCUT2D eigenvalue weighted by Crippen LogP contribution is 2.00. The van der Waals surface area contributed by atoms with Crippen LogP contribution in [0.4, 0.5) is 4.79 Å². The average molecular weight is 202 g/mol. The Labute approximate surface area is 86.3 Å². The minimum Gasteiger partial charge on any atom is -0.396 e. The third kappa shape index (κ3) is 5.07. The first-order chi connectivity index (χ1) is 6.63. The number of rotatable bonds is 6. The summed E-state index contributed by atoms with van der Waals surface area (Å²) >= 11 is 0. The van der Waals surface area contributed by atoms with Crippen LogP contribution in [-0.2, 0) is 0 Å². The Hall–Kier alpha value is -0.770. The molecule has 0 fully saturated rings. The highest BCUT2D eigenvalue weighted by Gasteiger charge is 2.14. The largest absolute Gasteiger partial charge is 0.396 e. The van der Waals surface area contributed by atoms with Crippen molar-refractivity contribution >= 4 is 6.03 Å². The summed E-state index contributed by atoms with van der Waals surface area (Å²) < 4.78 is 0. The van der Waals surface area contributed by atoms with Crippen LogP contribution in [0.15, 0.2) is 0 Å². The topological polar surface area (TPSA) is 52.6 Å². The van der Waals surface area contributed by atoms with E-state index in [0.29, 0.717) is 19.5 Å². The number of amides is 2. The van der Waals surface area contributed by atoms with Gasteiger partial charge in [-0.2, -0.15) is 0 Å². The first kappa shape index (κ1) is 13.2. The van der Waals surface area contributed by atoms with Crippen molar-refractivity contribution in [2.24, 2.45) is 0 Å². The molecule has 0 aromatic rings. The second kappa shape index (κ2) is 7.62. The molecule has 4 heteroatoms. The summed E-state index contributed by atoms with van der Waals surface area (Å²) in [4.78, 5) is 13.3. The van der Waals surface area contributed by atoms with E-state index in [1.165, 1.54) is 0 Å². The quantitative estimate of drug-likeness (QED) is 0.680. The Morgan fingerprint density at radius 3 is 2.57 bits per heavy atom. The molecule has 0 saturated heterocycles. The number of aliphatic hydroxyl groups is 1. The molecule has 0 atom stereocenters. The monoisotopic (exact) mass is 202 g/mol. The number of hydrogen-bond acceptors (Lipinski definition) is 2. The molecule has 0 aliphatic rings. The maximum atomic E-state index is 11.6. The number of nitrogens with one attached hydrogen (secondary N) is 1. The first-order valence-electron chi connectivity index (χ1n) is 5.28. The lowest BCUT2D eigenvalue weighted by Crippen LogP contribution is -2.44. The van der Waals surface area contributed by atoms with Crippen LogP contribution < -0.4 is 5.32 Å². The van der Waals surface area contributed by atoms with Crippen LogP contribution in [-0.4, -0.2) is 41.8 Å². The summed E-state index contributed by atoms with van der Waals surface area (Å²) in [6, 6.07) is 0.147. The van der Waals surface area contributed by atoms with Gasteiger partial charge in [-0.15, -0.1) is 0 Å². The van der Waals surface area contributed by atoms with Crippen LogP contribution in [0, 0.1) is 0 Å². The van der Waals surface area contributed by atoms with Crippen molar-refractivity contribution in [2.45, 2.75) is 39.7 Å². The van der Waals surface area contributed by atoms with Gasteiger partial charge in [0.25, 0.3) is 0 Å². The van der Waals surface area contributed by atoms with Crippen molar-refractivity contribution in [1.29, 1.82) is 0 Å². The molecule has 0 spiro atoms. The number of aliphatic hydroxyl groups excluding tert-OH is 1. The summed E-state index contributed by atoms with van der Waals surface area (Å²) in [5.74, 6) is 0. The SMILES string of the molecule is CCCNC(=O)N(CCCO)C(C)C. The Morgan fingerprint density at radius 1 is 1.50 bits per heavy atom. The third-order valence-corrected chi connectivity index (χ3v) is 1.97. The van der Waals surface area contributed by atoms with Crippen molar-refractivity contribution in [1.82, 2.24) is 10.2 Å². The molecule has 0 unspecified atom stereocenters. The van der Waals surface area contributed by atoms with Gasteiger partial charge in [0.15, 0.2) is 0 Å². The van der Waals surface area contributed by atoms with Crippen LogP contribution in [0.25, 0.3) is 0 Å². The maximum Gasteiger partial charge on any atom is 0.317 e. The highest BCUT2D eigenvalue weighted by molar-refractivity contribution is 5.74. The van der Waals surface area contributed by atoms with Crippen molar-refractivity contribution in [3.63, 3.8) is 0 Å². The molecule has 0 aromatic carbocycles. The molecule has 0 bridgehead atoms. The maximum absolute atomic E-state index is 11.6.